The van der Waals surface area contributed by atoms with Crippen LogP contribution in [0.2, 0.25) is 0 Å². The van der Waals surface area contributed by atoms with Gasteiger partial charge in [0.25, 0.3) is 0 Å². The van der Waals surface area contributed by atoms with E-state index in [1.807, 2.05) is 37.3 Å². The Hall–Kier alpha value is -1.59. The smallest absolute Gasteiger partial charge is 0.317 e. The molecule has 2 amide bonds. The van der Waals surface area contributed by atoms with Gasteiger partial charge < -0.3 is 20.1 Å². The van der Waals surface area contributed by atoms with Crippen LogP contribution in [0.5, 0.6) is 0 Å². The summed E-state index contributed by atoms with van der Waals surface area (Å²) >= 11 is 0. The van der Waals surface area contributed by atoms with Gasteiger partial charge in [-0.3, -0.25) is 0 Å². The van der Waals surface area contributed by atoms with Gasteiger partial charge in [-0.1, -0.05) is 30.3 Å². The highest BCUT2D eigenvalue weighted by atomic mass is 16.5. The number of carbonyl (C=O) groups excluding carboxylic acids is 1. The molecule has 0 bridgehead atoms. The monoisotopic (exact) mass is 280 g/mol. The summed E-state index contributed by atoms with van der Waals surface area (Å²) in [7, 11) is 0. The van der Waals surface area contributed by atoms with Gasteiger partial charge >= 0.3 is 6.03 Å². The molecule has 5 nitrogen and oxygen atoms in total. The Bertz CT molecular complexity index is 371. The maximum Gasteiger partial charge on any atom is 0.317 e. The lowest BCUT2D eigenvalue weighted by Gasteiger charge is -2.22. The van der Waals surface area contributed by atoms with Gasteiger partial charge in [0, 0.05) is 32.8 Å². The third kappa shape index (κ3) is 6.54. The van der Waals surface area contributed by atoms with E-state index in [0.29, 0.717) is 32.8 Å². The van der Waals surface area contributed by atoms with Gasteiger partial charge in [-0.2, -0.15) is 0 Å². The van der Waals surface area contributed by atoms with Crippen molar-refractivity contribution in [3.05, 3.63) is 35.9 Å². The number of rotatable bonds is 9. The molecule has 0 fully saturated rings. The fraction of sp³-hybridized carbons (Fsp3) is 0.533. The number of aliphatic hydroxyl groups excluding tert-OH is 1. The molecule has 0 heterocycles. The van der Waals surface area contributed by atoms with Crippen molar-refractivity contribution in [2.75, 3.05) is 32.9 Å². The van der Waals surface area contributed by atoms with E-state index in [1.54, 1.807) is 4.90 Å². The first-order valence-corrected chi connectivity index (χ1v) is 7.03. The first-order valence-electron chi connectivity index (χ1n) is 7.03. The second kappa shape index (κ2) is 10.2. The van der Waals surface area contributed by atoms with Gasteiger partial charge in [-0.05, 0) is 18.9 Å². The molecular formula is C15H24N2O3. The second-order valence-corrected chi connectivity index (χ2v) is 4.41. The number of benzene rings is 1. The number of hydrogen-bond donors (Lipinski definition) is 2. The quantitative estimate of drug-likeness (QED) is 0.676. The molecule has 0 spiro atoms. The van der Waals surface area contributed by atoms with Gasteiger partial charge in [-0.15, -0.1) is 0 Å². The lowest BCUT2D eigenvalue weighted by atomic mass is 10.2. The summed E-state index contributed by atoms with van der Waals surface area (Å²) in [6.45, 7) is 4.65. The summed E-state index contributed by atoms with van der Waals surface area (Å²) in [5.74, 6) is 0. The van der Waals surface area contributed by atoms with Crippen LogP contribution in [0.15, 0.2) is 30.3 Å². The standard InChI is InChI=1S/C15H24N2O3/c1-2-20-12-6-9-16-15(19)17(10-11-18)13-14-7-4-3-5-8-14/h3-5,7-8,18H,2,6,9-13H2,1H3,(H,16,19). The summed E-state index contributed by atoms with van der Waals surface area (Å²) in [6, 6.07) is 9.59. The van der Waals surface area contributed by atoms with Crippen LogP contribution < -0.4 is 5.32 Å². The van der Waals surface area contributed by atoms with Crippen LogP contribution in [0.3, 0.4) is 0 Å². The van der Waals surface area contributed by atoms with Crippen LogP contribution in [-0.4, -0.2) is 48.9 Å². The van der Waals surface area contributed by atoms with Crippen molar-refractivity contribution >= 4 is 6.03 Å². The van der Waals surface area contributed by atoms with Gasteiger partial charge in [-0.25, -0.2) is 4.79 Å². The molecule has 0 aliphatic carbocycles. The van der Waals surface area contributed by atoms with E-state index in [1.165, 1.54) is 0 Å². The van der Waals surface area contributed by atoms with E-state index in [4.69, 9.17) is 9.84 Å². The fourth-order valence-corrected chi connectivity index (χ4v) is 1.80. The Morgan fingerprint density at radius 1 is 1.35 bits per heavy atom. The molecule has 20 heavy (non-hydrogen) atoms. The molecule has 0 saturated heterocycles. The lowest BCUT2D eigenvalue weighted by molar-refractivity contribution is 0.142. The van der Waals surface area contributed by atoms with Crippen LogP contribution in [0.1, 0.15) is 18.9 Å². The zero-order chi connectivity index (χ0) is 14.6. The van der Waals surface area contributed by atoms with Crippen molar-refractivity contribution in [2.24, 2.45) is 0 Å². The van der Waals surface area contributed by atoms with Crippen LogP contribution >= 0.6 is 0 Å². The number of nitrogens with one attached hydrogen (secondary N) is 1. The summed E-state index contributed by atoms with van der Waals surface area (Å²) in [6.07, 6.45) is 0.790. The first-order chi connectivity index (χ1) is 9.77. The molecule has 1 aromatic carbocycles. The molecule has 0 aliphatic rings. The minimum Gasteiger partial charge on any atom is -0.395 e. The summed E-state index contributed by atoms with van der Waals surface area (Å²) in [5.41, 5.74) is 1.05. The zero-order valence-corrected chi connectivity index (χ0v) is 12.0. The van der Waals surface area contributed by atoms with E-state index in [-0.39, 0.29) is 12.6 Å². The summed E-state index contributed by atoms with van der Waals surface area (Å²) in [4.78, 5) is 13.6. The van der Waals surface area contributed by atoms with E-state index in [9.17, 15) is 4.79 Å². The second-order valence-electron chi connectivity index (χ2n) is 4.41. The Balaban J connectivity index is 2.38. The minimum absolute atomic E-state index is 0.0425. The molecule has 0 aromatic heterocycles. The molecule has 2 N–H and O–H groups in total. The van der Waals surface area contributed by atoms with Gasteiger partial charge in [0.1, 0.15) is 0 Å². The van der Waals surface area contributed by atoms with E-state index < -0.39 is 0 Å². The maximum absolute atomic E-state index is 12.0. The average Bonchev–Trinajstić information content (AvgIpc) is 2.47. The molecule has 1 rings (SSSR count). The van der Waals surface area contributed by atoms with Crippen molar-refractivity contribution in [1.82, 2.24) is 10.2 Å². The fourth-order valence-electron chi connectivity index (χ4n) is 1.80. The topological polar surface area (TPSA) is 61.8 Å². The third-order valence-corrected chi connectivity index (χ3v) is 2.82. The van der Waals surface area contributed by atoms with E-state index in [0.717, 1.165) is 12.0 Å². The normalized spacial score (nSPS) is 10.3. The molecular weight excluding hydrogens is 256 g/mol. The van der Waals surface area contributed by atoms with Crippen LogP contribution in [0.25, 0.3) is 0 Å². The summed E-state index contributed by atoms with van der Waals surface area (Å²) < 4.78 is 5.21. The van der Waals surface area contributed by atoms with Crippen LogP contribution in [0, 0.1) is 0 Å². The number of hydrogen-bond acceptors (Lipinski definition) is 3. The van der Waals surface area contributed by atoms with Crippen molar-refractivity contribution in [3.8, 4) is 0 Å². The maximum atomic E-state index is 12.0. The number of carbonyl (C=O) groups is 1. The van der Waals surface area contributed by atoms with Gasteiger partial charge in [0.05, 0.1) is 6.61 Å². The predicted molar refractivity (Wildman–Crippen MR) is 78.4 cm³/mol. The largest absolute Gasteiger partial charge is 0.395 e. The minimum atomic E-state index is -0.153. The van der Waals surface area contributed by atoms with E-state index >= 15 is 0 Å². The molecule has 1 aromatic rings. The number of nitrogens with zero attached hydrogens (tertiary/aromatic N) is 1. The van der Waals surface area contributed by atoms with Crippen LogP contribution in [-0.2, 0) is 11.3 Å². The Morgan fingerprint density at radius 2 is 2.10 bits per heavy atom. The number of aliphatic hydroxyl groups is 1. The average molecular weight is 280 g/mol. The summed E-state index contributed by atoms with van der Waals surface area (Å²) in [5, 5.41) is 11.9. The van der Waals surface area contributed by atoms with Crippen molar-refractivity contribution in [1.29, 1.82) is 0 Å². The zero-order valence-electron chi connectivity index (χ0n) is 12.0. The Kier molecular flexibility index (Phi) is 8.42. The first kappa shape index (κ1) is 16.5. The van der Waals surface area contributed by atoms with Gasteiger partial charge in [0.15, 0.2) is 0 Å². The molecule has 0 aliphatic heterocycles. The lowest BCUT2D eigenvalue weighted by Crippen LogP contribution is -2.41. The Morgan fingerprint density at radius 3 is 2.75 bits per heavy atom. The molecule has 0 radical (unpaired) electrons. The molecule has 0 atom stereocenters. The van der Waals surface area contributed by atoms with E-state index in [2.05, 4.69) is 5.32 Å². The molecule has 0 unspecified atom stereocenters. The predicted octanol–water partition coefficient (Wildman–Crippen LogP) is 1.62. The highest BCUT2D eigenvalue weighted by Crippen LogP contribution is 2.04. The third-order valence-electron chi connectivity index (χ3n) is 2.82. The Labute approximate surface area is 120 Å². The SMILES string of the molecule is CCOCCCNC(=O)N(CCO)Cc1ccccc1. The number of urea groups is 1. The molecule has 0 saturated carbocycles. The van der Waals surface area contributed by atoms with Gasteiger partial charge in [0.2, 0.25) is 0 Å². The highest BCUT2D eigenvalue weighted by molar-refractivity contribution is 5.74. The van der Waals surface area contributed by atoms with Crippen LogP contribution in [0.4, 0.5) is 4.79 Å². The van der Waals surface area contributed by atoms with Crippen molar-refractivity contribution in [2.45, 2.75) is 19.9 Å². The van der Waals surface area contributed by atoms with Crippen molar-refractivity contribution < 1.29 is 14.6 Å². The number of ether oxygens (including phenoxy) is 1. The molecule has 112 valence electrons. The highest BCUT2D eigenvalue weighted by Gasteiger charge is 2.12. The molecule has 5 heteroatoms. The van der Waals surface area contributed by atoms with Crippen molar-refractivity contribution in [3.63, 3.8) is 0 Å². The number of amides is 2.